The van der Waals surface area contributed by atoms with E-state index in [2.05, 4.69) is 41.8 Å². The monoisotopic (exact) mass is 660 g/mol. The molecule has 0 amide bonds. The molecule has 174 valence electrons. The molecule has 4 rings (SSSR count). The number of hydrogen-bond acceptors (Lipinski definition) is 4. The van der Waals surface area contributed by atoms with Gasteiger partial charge in [-0.2, -0.15) is 0 Å². The molecule has 0 aliphatic heterocycles. The third-order valence-corrected chi connectivity index (χ3v) is 6.54. The fraction of sp³-hybridized carbons (Fsp3) is 0.0417. The maximum Gasteiger partial charge on any atom is 0.196 e. The Kier molecular flexibility index (Phi) is 9.92. The van der Waals surface area contributed by atoms with Crippen LogP contribution in [0.25, 0.3) is 0 Å². The normalized spacial score (nSPS) is 11.4. The van der Waals surface area contributed by atoms with Gasteiger partial charge in [0, 0.05) is 49.7 Å². The van der Waals surface area contributed by atoms with Gasteiger partial charge in [0.25, 0.3) is 0 Å². The van der Waals surface area contributed by atoms with Gasteiger partial charge in [-0.15, -0.1) is 0 Å². The van der Waals surface area contributed by atoms with Gasteiger partial charge in [-0.05, 0) is 80.4 Å². The summed E-state index contributed by atoms with van der Waals surface area (Å²) in [6.07, 6.45) is 2.29. The Hall–Kier alpha value is -1.51. The summed E-state index contributed by atoms with van der Waals surface area (Å²) in [7, 11) is 0. The van der Waals surface area contributed by atoms with Crippen LogP contribution in [0.2, 0.25) is 20.1 Å². The zero-order chi connectivity index (χ0) is 24.8. The lowest BCUT2D eigenvalue weighted by atomic mass is 10.0. The first-order chi connectivity index (χ1) is 16.2. The molecule has 2 aromatic carbocycles. The second-order valence-electron chi connectivity index (χ2n) is 6.81. The average molecular weight is 664 g/mol. The largest absolute Gasteiger partial charge is 0.384 e. The standard InChI is InChI=1S/C12H8BrCl2NO.C12H6BrCl2NO/c2*13-11-4-1-7(6-16-11)12(17)9-3-2-8(14)5-10(9)15/h1-6,12,17H;1-6H. The van der Waals surface area contributed by atoms with E-state index in [1.807, 2.05) is 0 Å². The topological polar surface area (TPSA) is 63.1 Å². The Morgan fingerprint density at radius 2 is 1.35 bits per heavy atom. The number of halogens is 6. The molecule has 10 heteroatoms. The second kappa shape index (κ2) is 12.5. The first-order valence-electron chi connectivity index (χ1n) is 9.51. The molecule has 34 heavy (non-hydrogen) atoms. The summed E-state index contributed by atoms with van der Waals surface area (Å²) in [5.74, 6) is -0.174. The third-order valence-electron chi connectivity index (χ3n) is 4.49. The number of carbonyl (C=O) groups excluding carboxylic acids is 1. The number of pyridine rings is 2. The summed E-state index contributed by atoms with van der Waals surface area (Å²) in [5, 5.41) is 12.0. The number of aromatic nitrogens is 2. The molecule has 0 aliphatic rings. The molecule has 0 fully saturated rings. The number of carbonyl (C=O) groups is 1. The van der Waals surface area contributed by atoms with Crippen LogP contribution < -0.4 is 0 Å². The zero-order valence-corrected chi connectivity index (χ0v) is 23.2. The molecule has 4 nitrogen and oxygen atoms in total. The lowest BCUT2D eigenvalue weighted by Crippen LogP contribution is -2.02. The molecule has 0 bridgehead atoms. The number of nitrogens with zero attached hydrogens (tertiary/aromatic N) is 2. The molecule has 1 unspecified atom stereocenters. The van der Waals surface area contributed by atoms with Crippen LogP contribution in [0.5, 0.6) is 0 Å². The maximum atomic E-state index is 12.1. The Morgan fingerprint density at radius 3 is 1.88 bits per heavy atom. The summed E-state index contributed by atoms with van der Waals surface area (Å²) in [5.41, 5.74) is 2.19. The molecule has 2 aromatic heterocycles. The zero-order valence-electron chi connectivity index (χ0n) is 17.0. The van der Waals surface area contributed by atoms with Crippen LogP contribution in [0.1, 0.15) is 33.2 Å². The highest BCUT2D eigenvalue weighted by Crippen LogP contribution is 2.30. The van der Waals surface area contributed by atoms with Gasteiger partial charge < -0.3 is 5.11 Å². The van der Waals surface area contributed by atoms with E-state index >= 15 is 0 Å². The van der Waals surface area contributed by atoms with Crippen LogP contribution in [0.15, 0.2) is 82.3 Å². The van der Waals surface area contributed by atoms with Crippen LogP contribution in [0.3, 0.4) is 0 Å². The van der Waals surface area contributed by atoms with Crippen molar-refractivity contribution in [3.8, 4) is 0 Å². The van der Waals surface area contributed by atoms with E-state index in [1.165, 1.54) is 6.20 Å². The minimum atomic E-state index is -0.805. The summed E-state index contributed by atoms with van der Waals surface area (Å²) in [6, 6.07) is 16.7. The predicted octanol–water partition coefficient (Wildman–Crippen LogP) is 8.61. The van der Waals surface area contributed by atoms with Gasteiger partial charge in [-0.1, -0.05) is 58.5 Å². The highest BCUT2D eigenvalue weighted by molar-refractivity contribution is 9.10. The molecule has 0 saturated heterocycles. The fourth-order valence-electron chi connectivity index (χ4n) is 2.79. The SMILES string of the molecule is O=C(c1ccc(Br)nc1)c1ccc(Cl)cc1Cl.OC(c1ccc(Br)nc1)c1ccc(Cl)cc1Cl. The van der Waals surface area contributed by atoms with Crippen molar-refractivity contribution in [3.63, 3.8) is 0 Å². The van der Waals surface area contributed by atoms with Gasteiger partial charge in [-0.3, -0.25) is 4.79 Å². The number of benzene rings is 2. The number of aliphatic hydroxyl groups excluding tert-OH is 1. The van der Waals surface area contributed by atoms with Crippen molar-refractivity contribution in [2.75, 3.05) is 0 Å². The number of rotatable bonds is 4. The average Bonchev–Trinajstić information content (AvgIpc) is 2.80. The molecular weight excluding hydrogens is 650 g/mol. The molecule has 0 radical (unpaired) electrons. The maximum absolute atomic E-state index is 12.1. The highest BCUT2D eigenvalue weighted by atomic mass is 79.9. The van der Waals surface area contributed by atoms with Gasteiger partial charge in [0.15, 0.2) is 5.78 Å². The first kappa shape index (κ1) is 27.1. The van der Waals surface area contributed by atoms with E-state index in [0.717, 1.165) is 4.60 Å². The Labute approximate surface area is 233 Å². The molecule has 0 spiro atoms. The number of ketones is 1. The van der Waals surface area contributed by atoms with Gasteiger partial charge in [0.1, 0.15) is 15.3 Å². The minimum absolute atomic E-state index is 0.174. The van der Waals surface area contributed by atoms with Gasteiger partial charge >= 0.3 is 0 Å². The van der Waals surface area contributed by atoms with E-state index in [0.29, 0.717) is 46.9 Å². The van der Waals surface area contributed by atoms with E-state index in [1.54, 1.807) is 66.9 Å². The van der Waals surface area contributed by atoms with Crippen LogP contribution in [0.4, 0.5) is 0 Å². The molecule has 0 aliphatic carbocycles. The smallest absolute Gasteiger partial charge is 0.196 e. The van der Waals surface area contributed by atoms with Crippen LogP contribution in [-0.4, -0.2) is 20.9 Å². The number of aliphatic hydroxyl groups is 1. The van der Waals surface area contributed by atoms with Gasteiger partial charge in [0.2, 0.25) is 0 Å². The minimum Gasteiger partial charge on any atom is -0.384 e. The van der Waals surface area contributed by atoms with Crippen molar-refractivity contribution in [2.24, 2.45) is 0 Å². The van der Waals surface area contributed by atoms with Crippen molar-refractivity contribution in [3.05, 3.63) is 125 Å². The van der Waals surface area contributed by atoms with Gasteiger partial charge in [-0.25, -0.2) is 9.97 Å². The number of hydrogen-bond donors (Lipinski definition) is 1. The summed E-state index contributed by atoms with van der Waals surface area (Å²) in [4.78, 5) is 20.2. The Balaban J connectivity index is 0.000000191. The third kappa shape index (κ3) is 7.25. The van der Waals surface area contributed by atoms with Crippen LogP contribution in [-0.2, 0) is 0 Å². The summed E-state index contributed by atoms with van der Waals surface area (Å²) >= 11 is 30.0. The Morgan fingerprint density at radius 1 is 0.765 bits per heavy atom. The van der Waals surface area contributed by atoms with Crippen molar-refractivity contribution >= 4 is 84.0 Å². The molecular formula is C24H14Br2Cl4N2O2. The van der Waals surface area contributed by atoms with Gasteiger partial charge in [0.05, 0.1) is 5.02 Å². The lowest BCUT2D eigenvalue weighted by molar-refractivity contribution is 0.103. The van der Waals surface area contributed by atoms with E-state index in [4.69, 9.17) is 46.4 Å². The van der Waals surface area contributed by atoms with Crippen molar-refractivity contribution in [1.82, 2.24) is 9.97 Å². The summed E-state index contributed by atoms with van der Waals surface area (Å²) in [6.45, 7) is 0. The second-order valence-corrected chi connectivity index (χ2v) is 10.1. The molecule has 2 heterocycles. The quantitative estimate of drug-likeness (QED) is 0.175. The van der Waals surface area contributed by atoms with E-state index in [9.17, 15) is 9.90 Å². The van der Waals surface area contributed by atoms with Crippen LogP contribution in [0, 0.1) is 0 Å². The van der Waals surface area contributed by atoms with Crippen molar-refractivity contribution in [2.45, 2.75) is 6.10 Å². The molecule has 1 N–H and O–H groups in total. The van der Waals surface area contributed by atoms with E-state index in [-0.39, 0.29) is 5.78 Å². The highest BCUT2D eigenvalue weighted by Gasteiger charge is 2.15. The predicted molar refractivity (Wildman–Crippen MR) is 144 cm³/mol. The lowest BCUT2D eigenvalue weighted by Gasteiger charge is -2.13. The van der Waals surface area contributed by atoms with Crippen molar-refractivity contribution < 1.29 is 9.90 Å². The summed E-state index contributed by atoms with van der Waals surface area (Å²) < 4.78 is 1.40. The molecule has 0 saturated carbocycles. The first-order valence-corrected chi connectivity index (χ1v) is 12.6. The Bertz CT molecular complexity index is 1300. The van der Waals surface area contributed by atoms with Crippen LogP contribution >= 0.6 is 78.3 Å². The molecule has 4 aromatic rings. The fourth-order valence-corrected chi connectivity index (χ4v) is 4.27. The molecule has 1 atom stereocenters. The van der Waals surface area contributed by atoms with Crippen molar-refractivity contribution in [1.29, 1.82) is 0 Å². The van der Waals surface area contributed by atoms with E-state index < -0.39 is 6.10 Å².